The van der Waals surface area contributed by atoms with Crippen LogP contribution >= 0.6 is 0 Å². The minimum atomic E-state index is 0.658. The van der Waals surface area contributed by atoms with E-state index >= 15 is 0 Å². The Morgan fingerprint density at radius 1 is 0.812 bits per heavy atom. The van der Waals surface area contributed by atoms with Crippen LogP contribution in [0.25, 0.3) is 5.65 Å². The van der Waals surface area contributed by atoms with Crippen LogP contribution in [0.3, 0.4) is 0 Å². The zero-order valence-electron chi connectivity index (χ0n) is 18.7. The quantitative estimate of drug-likeness (QED) is 0.431. The average Bonchev–Trinajstić information content (AvgIpc) is 3.28. The van der Waals surface area contributed by atoms with Gasteiger partial charge in [-0.3, -0.25) is 4.98 Å². The van der Waals surface area contributed by atoms with Crippen molar-refractivity contribution in [2.24, 2.45) is 0 Å². The molecule has 0 atom stereocenters. The molecule has 4 aromatic rings. The molecule has 1 aliphatic rings. The lowest BCUT2D eigenvalue weighted by atomic mass is 10.1. The summed E-state index contributed by atoms with van der Waals surface area (Å²) in [6.45, 7) is 4.35. The second-order valence-electron chi connectivity index (χ2n) is 8.67. The van der Waals surface area contributed by atoms with E-state index in [9.17, 15) is 0 Å². The monoisotopic (exact) mass is 426 g/mol. The van der Waals surface area contributed by atoms with Gasteiger partial charge in [-0.1, -0.05) is 13.3 Å². The molecule has 0 radical (unpaired) electrons. The first-order valence-electron chi connectivity index (χ1n) is 11.7. The number of rotatable bonds is 7. The molecule has 0 bridgehead atoms. The number of hydrogen-bond acceptors (Lipinski definition) is 5. The number of nitrogens with zero attached hydrogens (tertiary/aromatic N) is 6. The minimum Gasteiger partial charge on any atom is -0.357 e. The first kappa shape index (κ1) is 20.6. The van der Waals surface area contributed by atoms with Crippen molar-refractivity contribution in [2.75, 3.05) is 18.0 Å². The molecule has 32 heavy (non-hydrogen) atoms. The van der Waals surface area contributed by atoms with Crippen LogP contribution in [0.4, 0.5) is 5.82 Å². The molecule has 0 spiro atoms. The summed E-state index contributed by atoms with van der Waals surface area (Å²) in [5.41, 5.74) is 5.59. The molecule has 0 amide bonds. The molecule has 0 aliphatic carbocycles. The number of aryl methyl sites for hydroxylation is 1. The fraction of sp³-hybridized carbons (Fsp3) is 0.385. The number of hydrogen-bond donors (Lipinski definition) is 0. The molecular weight excluding hydrogens is 396 g/mol. The zero-order chi connectivity index (χ0) is 21.8. The molecule has 1 aliphatic heterocycles. The summed E-state index contributed by atoms with van der Waals surface area (Å²) in [6.07, 6.45) is 15.2. The van der Waals surface area contributed by atoms with Gasteiger partial charge in [-0.2, -0.15) is 0 Å². The molecule has 0 N–H and O–H groups in total. The van der Waals surface area contributed by atoms with Gasteiger partial charge in [-0.25, -0.2) is 15.0 Å². The van der Waals surface area contributed by atoms with E-state index in [0.29, 0.717) is 6.42 Å². The van der Waals surface area contributed by atoms with Gasteiger partial charge in [0.05, 0.1) is 12.1 Å². The fourth-order valence-electron chi connectivity index (χ4n) is 4.49. The van der Waals surface area contributed by atoms with Crippen LogP contribution in [0.5, 0.6) is 0 Å². The van der Waals surface area contributed by atoms with Crippen LogP contribution < -0.4 is 4.90 Å². The van der Waals surface area contributed by atoms with Gasteiger partial charge in [0, 0.05) is 56.1 Å². The van der Waals surface area contributed by atoms with Crippen molar-refractivity contribution < 1.29 is 0 Å². The number of pyridine rings is 2. The van der Waals surface area contributed by atoms with Crippen molar-refractivity contribution in [1.82, 2.24) is 24.3 Å². The van der Waals surface area contributed by atoms with Crippen molar-refractivity contribution in [3.63, 3.8) is 0 Å². The number of piperidine rings is 1. The summed E-state index contributed by atoms with van der Waals surface area (Å²) < 4.78 is 2.03. The Hall–Kier alpha value is -3.28. The molecule has 0 unspecified atom stereocenters. The third kappa shape index (κ3) is 4.79. The molecule has 1 fully saturated rings. The second-order valence-corrected chi connectivity index (χ2v) is 8.67. The Bertz CT molecular complexity index is 1190. The van der Waals surface area contributed by atoms with Gasteiger partial charge in [-0.05, 0) is 61.1 Å². The highest BCUT2D eigenvalue weighted by molar-refractivity contribution is 5.45. The Balaban J connectivity index is 1.45. The SMILES string of the molecule is CCCc1ccnc(Cc2nc(Cc3ccn4ccnc4c3)cc(N3CCCCC3)n2)c1. The normalized spacial score (nSPS) is 14.2. The fourth-order valence-corrected chi connectivity index (χ4v) is 4.49. The summed E-state index contributed by atoms with van der Waals surface area (Å²) in [7, 11) is 0. The Kier molecular flexibility index (Phi) is 6.10. The predicted octanol–water partition coefficient (Wildman–Crippen LogP) is 4.64. The lowest BCUT2D eigenvalue weighted by Gasteiger charge is -2.28. The molecule has 6 heteroatoms. The highest BCUT2D eigenvalue weighted by atomic mass is 15.2. The standard InChI is InChI=1S/C26H30N6/c1-2-6-20-7-9-27-22(15-20)18-24-29-23(19-26(30-24)31-11-4-3-5-12-31)16-21-8-13-32-14-10-28-25(32)17-21/h7-10,13-15,17,19H,2-6,11-12,16,18H2,1H3. The molecule has 5 rings (SSSR count). The van der Waals surface area contributed by atoms with E-state index in [2.05, 4.69) is 58.3 Å². The molecule has 4 aromatic heterocycles. The van der Waals surface area contributed by atoms with Gasteiger partial charge in [0.2, 0.25) is 0 Å². The Morgan fingerprint density at radius 3 is 2.59 bits per heavy atom. The van der Waals surface area contributed by atoms with E-state index in [1.165, 1.54) is 30.4 Å². The van der Waals surface area contributed by atoms with E-state index in [0.717, 1.165) is 61.0 Å². The molecule has 164 valence electrons. The molecular formula is C26H30N6. The lowest BCUT2D eigenvalue weighted by molar-refractivity contribution is 0.571. The number of anilines is 1. The Labute approximate surface area is 189 Å². The molecule has 0 aromatic carbocycles. The highest BCUT2D eigenvalue weighted by Gasteiger charge is 2.16. The summed E-state index contributed by atoms with van der Waals surface area (Å²) in [6, 6.07) is 10.8. The smallest absolute Gasteiger partial charge is 0.136 e. The predicted molar refractivity (Wildman–Crippen MR) is 127 cm³/mol. The van der Waals surface area contributed by atoms with Gasteiger partial charge in [-0.15, -0.1) is 0 Å². The van der Waals surface area contributed by atoms with Gasteiger partial charge in [0.15, 0.2) is 0 Å². The number of aromatic nitrogens is 5. The molecule has 1 saturated heterocycles. The Morgan fingerprint density at radius 2 is 1.72 bits per heavy atom. The largest absolute Gasteiger partial charge is 0.357 e. The van der Waals surface area contributed by atoms with Gasteiger partial charge in [0.1, 0.15) is 17.3 Å². The zero-order valence-corrected chi connectivity index (χ0v) is 18.7. The van der Waals surface area contributed by atoms with Crippen LogP contribution in [0.15, 0.2) is 55.1 Å². The summed E-state index contributed by atoms with van der Waals surface area (Å²) in [4.78, 5) is 21.4. The van der Waals surface area contributed by atoms with Crippen LogP contribution in [-0.2, 0) is 19.3 Å². The van der Waals surface area contributed by atoms with E-state index in [1.54, 1.807) is 0 Å². The van der Waals surface area contributed by atoms with Crippen LogP contribution in [-0.4, -0.2) is 37.4 Å². The summed E-state index contributed by atoms with van der Waals surface area (Å²) in [5, 5.41) is 0. The third-order valence-corrected chi connectivity index (χ3v) is 6.10. The molecule has 5 heterocycles. The van der Waals surface area contributed by atoms with E-state index in [1.807, 2.05) is 23.0 Å². The van der Waals surface area contributed by atoms with Crippen LogP contribution in [0.2, 0.25) is 0 Å². The summed E-state index contributed by atoms with van der Waals surface area (Å²) >= 11 is 0. The third-order valence-electron chi connectivity index (χ3n) is 6.10. The molecule has 0 saturated carbocycles. The minimum absolute atomic E-state index is 0.658. The van der Waals surface area contributed by atoms with Gasteiger partial charge >= 0.3 is 0 Å². The maximum absolute atomic E-state index is 4.97. The topological polar surface area (TPSA) is 59.2 Å². The van der Waals surface area contributed by atoms with Gasteiger partial charge in [0.25, 0.3) is 0 Å². The van der Waals surface area contributed by atoms with E-state index in [4.69, 9.17) is 9.97 Å². The van der Waals surface area contributed by atoms with Crippen molar-refractivity contribution in [3.8, 4) is 0 Å². The highest BCUT2D eigenvalue weighted by Crippen LogP contribution is 2.21. The maximum Gasteiger partial charge on any atom is 0.136 e. The summed E-state index contributed by atoms with van der Waals surface area (Å²) in [5.74, 6) is 1.91. The first-order chi connectivity index (χ1) is 15.8. The number of imidazole rings is 1. The lowest BCUT2D eigenvalue weighted by Crippen LogP contribution is -2.30. The maximum atomic E-state index is 4.97. The van der Waals surface area contributed by atoms with E-state index in [-0.39, 0.29) is 0 Å². The van der Waals surface area contributed by atoms with E-state index < -0.39 is 0 Å². The van der Waals surface area contributed by atoms with Gasteiger partial charge < -0.3 is 9.30 Å². The van der Waals surface area contributed by atoms with Crippen LogP contribution in [0.1, 0.15) is 60.9 Å². The van der Waals surface area contributed by atoms with Crippen molar-refractivity contribution in [3.05, 3.63) is 83.5 Å². The van der Waals surface area contributed by atoms with Crippen molar-refractivity contribution >= 4 is 11.5 Å². The van der Waals surface area contributed by atoms with Crippen molar-refractivity contribution in [2.45, 2.75) is 51.9 Å². The first-order valence-corrected chi connectivity index (χ1v) is 11.7. The average molecular weight is 427 g/mol. The van der Waals surface area contributed by atoms with Crippen molar-refractivity contribution in [1.29, 1.82) is 0 Å². The number of fused-ring (bicyclic) bond motifs is 1. The second kappa shape index (κ2) is 9.47. The van der Waals surface area contributed by atoms with Crippen LogP contribution in [0, 0.1) is 0 Å². The molecule has 6 nitrogen and oxygen atoms in total.